The molecule has 1 atom stereocenters. The van der Waals surface area contributed by atoms with Crippen molar-refractivity contribution >= 4 is 16.5 Å². The number of fused-ring (bicyclic) bond motifs is 1. The first-order chi connectivity index (χ1) is 6.68. The molecule has 0 aromatic heterocycles. The van der Waals surface area contributed by atoms with Crippen molar-refractivity contribution in [1.82, 2.24) is 9.42 Å². The van der Waals surface area contributed by atoms with Gasteiger partial charge in [-0.15, -0.1) is 10.7 Å². The highest BCUT2D eigenvalue weighted by Gasteiger charge is 2.16. The number of rotatable bonds is 0. The summed E-state index contributed by atoms with van der Waals surface area (Å²) in [5.74, 6) is 5.27. The quantitative estimate of drug-likeness (QED) is 0.602. The summed E-state index contributed by atoms with van der Waals surface area (Å²) in [5, 5.41) is 2.24. The van der Waals surface area contributed by atoms with Gasteiger partial charge in [-0.3, -0.25) is 0 Å². The van der Waals surface area contributed by atoms with Crippen LogP contribution in [0.4, 0.5) is 0 Å². The predicted molar refractivity (Wildman–Crippen MR) is 64.1 cm³/mol. The van der Waals surface area contributed by atoms with Crippen molar-refractivity contribution in [3.05, 3.63) is 35.4 Å². The summed E-state index contributed by atoms with van der Waals surface area (Å²) in [4.78, 5) is 0. The molecule has 14 heavy (non-hydrogen) atoms. The molecule has 1 aliphatic rings. The zero-order valence-electron chi connectivity index (χ0n) is 8.73. The molecule has 0 saturated carbocycles. The molecule has 1 aromatic carbocycles. The highest BCUT2D eigenvalue weighted by molar-refractivity contribution is 8.11. The minimum absolute atomic E-state index is 0.0655. The van der Waals surface area contributed by atoms with Crippen LogP contribution in [0.5, 0.6) is 0 Å². The van der Waals surface area contributed by atoms with E-state index in [9.17, 15) is 0 Å². The molecule has 0 N–H and O–H groups in total. The molecule has 0 fully saturated rings. The van der Waals surface area contributed by atoms with Crippen LogP contribution in [0.25, 0.3) is 0 Å². The van der Waals surface area contributed by atoms with Crippen molar-refractivity contribution in [3.63, 3.8) is 0 Å². The fraction of sp³-hybridized carbons (Fsp3) is 0.364. The Balaban J connectivity index is 2.39. The smallest absolute Gasteiger partial charge is 0.0392 e. The zero-order chi connectivity index (χ0) is 10.1. The molecule has 0 aliphatic carbocycles. The van der Waals surface area contributed by atoms with Gasteiger partial charge in [-0.2, -0.15) is 4.41 Å². The molecule has 76 valence electrons. The first-order valence-electron chi connectivity index (χ1n) is 4.71. The Kier molecular flexibility index (Phi) is 2.72. The van der Waals surface area contributed by atoms with E-state index in [4.69, 9.17) is 0 Å². The lowest BCUT2D eigenvalue weighted by molar-refractivity contribution is 0.127. The topological polar surface area (TPSA) is 6.48 Å². The minimum atomic E-state index is 0.0655. The molecule has 1 heterocycles. The van der Waals surface area contributed by atoms with Gasteiger partial charge in [0.25, 0.3) is 0 Å². The lowest BCUT2D eigenvalue weighted by Crippen LogP contribution is -2.30. The molecule has 1 unspecified atom stereocenters. The molecule has 0 bridgehead atoms. The van der Waals surface area contributed by atoms with Gasteiger partial charge in [0, 0.05) is 26.4 Å². The third-order valence-electron chi connectivity index (χ3n) is 2.69. The lowest BCUT2D eigenvalue weighted by atomic mass is 10.1. The number of nitrogens with zero attached hydrogens (tertiary/aromatic N) is 2. The van der Waals surface area contributed by atoms with Crippen LogP contribution >= 0.6 is 10.7 Å². The van der Waals surface area contributed by atoms with Gasteiger partial charge in [-0.1, -0.05) is 30.1 Å². The zero-order valence-corrected chi connectivity index (χ0v) is 9.55. The van der Waals surface area contributed by atoms with E-state index in [-0.39, 0.29) is 10.7 Å². The van der Waals surface area contributed by atoms with Crippen molar-refractivity contribution in [2.75, 3.05) is 14.1 Å². The SMILES string of the molecule is C=S1Cc2ccccc2CN(C)N1C. The maximum atomic E-state index is 4.20. The normalized spacial score (nSPS) is 24.3. The third kappa shape index (κ3) is 1.75. The van der Waals surface area contributed by atoms with Gasteiger partial charge in [-0.25, -0.2) is 5.01 Å². The highest BCUT2D eigenvalue weighted by atomic mass is 32.2. The largest absolute Gasteiger partial charge is 0.231 e. The van der Waals surface area contributed by atoms with E-state index in [0.29, 0.717) is 0 Å². The molecule has 0 amide bonds. The molecule has 0 spiro atoms. The van der Waals surface area contributed by atoms with E-state index in [1.807, 2.05) is 0 Å². The highest BCUT2D eigenvalue weighted by Crippen LogP contribution is 2.29. The maximum absolute atomic E-state index is 4.20. The first kappa shape index (κ1) is 9.90. The number of hydrazine groups is 1. The number of hydrogen-bond donors (Lipinski definition) is 0. The summed E-state index contributed by atoms with van der Waals surface area (Å²) in [7, 11) is 4.30. The summed E-state index contributed by atoms with van der Waals surface area (Å²) in [5.41, 5.74) is 2.88. The van der Waals surface area contributed by atoms with Gasteiger partial charge in [-0.05, 0) is 11.1 Å². The Morgan fingerprint density at radius 3 is 2.57 bits per heavy atom. The van der Waals surface area contributed by atoms with Crippen LogP contribution in [0.2, 0.25) is 0 Å². The van der Waals surface area contributed by atoms with E-state index >= 15 is 0 Å². The first-order valence-corrected chi connectivity index (χ1v) is 6.22. The lowest BCUT2D eigenvalue weighted by Gasteiger charge is -2.27. The van der Waals surface area contributed by atoms with Crippen molar-refractivity contribution in [1.29, 1.82) is 0 Å². The molecule has 1 aromatic rings. The standard InChI is InChI=1S/C11H16N2S/c1-12-8-10-6-4-5-7-11(10)9-14(3)13(12)2/h4-7H,3,8-9H2,1-2H3. The van der Waals surface area contributed by atoms with Crippen LogP contribution in [0.15, 0.2) is 24.3 Å². The van der Waals surface area contributed by atoms with Gasteiger partial charge in [0.05, 0.1) is 0 Å². The Bertz CT molecular complexity index is 362. The van der Waals surface area contributed by atoms with Crippen LogP contribution in [-0.4, -0.2) is 29.4 Å². The van der Waals surface area contributed by atoms with E-state index in [2.05, 4.69) is 53.7 Å². The Morgan fingerprint density at radius 1 is 1.21 bits per heavy atom. The monoisotopic (exact) mass is 208 g/mol. The van der Waals surface area contributed by atoms with Crippen LogP contribution in [0.3, 0.4) is 0 Å². The fourth-order valence-electron chi connectivity index (χ4n) is 1.67. The molecule has 2 nitrogen and oxygen atoms in total. The summed E-state index contributed by atoms with van der Waals surface area (Å²) in [6, 6.07) is 8.65. The fourth-order valence-corrected chi connectivity index (χ4v) is 2.95. The van der Waals surface area contributed by atoms with Gasteiger partial charge >= 0.3 is 0 Å². The Hall–Kier alpha value is -0.640. The van der Waals surface area contributed by atoms with Crippen molar-refractivity contribution in [2.24, 2.45) is 0 Å². The second kappa shape index (κ2) is 3.85. The molecular formula is C11H16N2S. The van der Waals surface area contributed by atoms with E-state index in [1.165, 1.54) is 11.1 Å². The average molecular weight is 208 g/mol. The molecule has 0 radical (unpaired) electrons. The van der Waals surface area contributed by atoms with Gasteiger partial charge in [0.1, 0.15) is 0 Å². The maximum Gasteiger partial charge on any atom is 0.0392 e. The van der Waals surface area contributed by atoms with Crippen molar-refractivity contribution in [3.8, 4) is 0 Å². The van der Waals surface area contributed by atoms with Gasteiger partial charge in [0.2, 0.25) is 0 Å². The summed E-state index contributed by atoms with van der Waals surface area (Å²) < 4.78 is 2.24. The number of benzene rings is 1. The Labute approximate surface area is 88.2 Å². The van der Waals surface area contributed by atoms with E-state index in [0.717, 1.165) is 12.3 Å². The second-order valence-corrected chi connectivity index (χ2v) is 5.40. The average Bonchev–Trinajstić information content (AvgIpc) is 2.28. The van der Waals surface area contributed by atoms with E-state index in [1.54, 1.807) is 0 Å². The molecule has 1 aliphatic heterocycles. The summed E-state index contributed by atoms with van der Waals surface area (Å²) in [6.45, 7) is 0.992. The van der Waals surface area contributed by atoms with Crippen LogP contribution in [0, 0.1) is 0 Å². The van der Waals surface area contributed by atoms with Gasteiger partial charge < -0.3 is 0 Å². The van der Waals surface area contributed by atoms with Crippen molar-refractivity contribution < 1.29 is 0 Å². The van der Waals surface area contributed by atoms with Crippen molar-refractivity contribution in [2.45, 2.75) is 12.3 Å². The van der Waals surface area contributed by atoms with Crippen LogP contribution < -0.4 is 0 Å². The summed E-state index contributed by atoms with van der Waals surface area (Å²) >= 11 is 0. The van der Waals surface area contributed by atoms with Crippen LogP contribution in [0.1, 0.15) is 11.1 Å². The summed E-state index contributed by atoms with van der Waals surface area (Å²) in [6.07, 6.45) is 0. The third-order valence-corrected chi connectivity index (χ3v) is 4.36. The van der Waals surface area contributed by atoms with E-state index < -0.39 is 0 Å². The predicted octanol–water partition coefficient (Wildman–Crippen LogP) is 2.09. The molecule has 3 heteroatoms. The minimum Gasteiger partial charge on any atom is -0.231 e. The second-order valence-electron chi connectivity index (χ2n) is 3.66. The Morgan fingerprint density at radius 2 is 1.86 bits per heavy atom. The number of hydrogen-bond acceptors (Lipinski definition) is 2. The molecule has 0 saturated heterocycles. The molecule has 2 rings (SSSR count). The van der Waals surface area contributed by atoms with Gasteiger partial charge in [0.15, 0.2) is 0 Å². The van der Waals surface area contributed by atoms with Crippen LogP contribution in [-0.2, 0) is 12.3 Å². The molecular weight excluding hydrogens is 192 g/mol.